The zero-order chi connectivity index (χ0) is 17.2. The molecule has 2 N–H and O–H groups in total. The van der Waals surface area contributed by atoms with Crippen LogP contribution in [0.5, 0.6) is 0 Å². The summed E-state index contributed by atoms with van der Waals surface area (Å²) in [5.74, 6) is 2.04. The predicted octanol–water partition coefficient (Wildman–Crippen LogP) is 3.89. The molecule has 0 aliphatic heterocycles. The van der Waals surface area contributed by atoms with Crippen molar-refractivity contribution in [2.45, 2.75) is 6.92 Å². The maximum atomic E-state index is 5.83. The summed E-state index contributed by atoms with van der Waals surface area (Å²) in [5, 5.41) is 8.91. The van der Waals surface area contributed by atoms with E-state index in [-0.39, 0.29) is 0 Å². The van der Waals surface area contributed by atoms with Crippen molar-refractivity contribution in [2.24, 2.45) is 0 Å². The molecule has 0 atom stereocenters. The van der Waals surface area contributed by atoms with Gasteiger partial charge >= 0.3 is 0 Å². The van der Waals surface area contributed by atoms with Crippen LogP contribution in [0.4, 0.5) is 5.82 Å². The van der Waals surface area contributed by atoms with Crippen LogP contribution < -0.4 is 5.73 Å². The lowest BCUT2D eigenvalue weighted by Gasteiger charge is -2.13. The smallest absolute Gasteiger partial charge is 0.168 e. The molecule has 0 unspecified atom stereocenters. The lowest BCUT2D eigenvalue weighted by Crippen LogP contribution is -2.05. The van der Waals surface area contributed by atoms with Crippen molar-refractivity contribution in [2.75, 3.05) is 5.73 Å². The van der Waals surface area contributed by atoms with Crippen molar-refractivity contribution >= 4 is 5.82 Å². The van der Waals surface area contributed by atoms with E-state index in [1.165, 1.54) is 0 Å². The summed E-state index contributed by atoms with van der Waals surface area (Å²) in [6.07, 6.45) is 0. The van der Waals surface area contributed by atoms with Crippen molar-refractivity contribution in [3.05, 3.63) is 78.5 Å². The van der Waals surface area contributed by atoms with Gasteiger partial charge < -0.3 is 5.73 Å². The van der Waals surface area contributed by atoms with E-state index in [2.05, 4.69) is 15.2 Å². The van der Waals surface area contributed by atoms with Crippen LogP contribution >= 0.6 is 0 Å². The molecule has 0 bridgehead atoms. The Hall–Kier alpha value is -3.47. The Balaban J connectivity index is 2.00. The standard InChI is InChI=1S/C20H17N5/c1-14-17(12-13-18(21)22-14)25-19(15-8-4-2-5-9-15)23-24-20(25)16-10-6-3-7-11-16/h2-13H,1H3,(H2,21,22). The molecule has 122 valence electrons. The molecule has 0 radical (unpaired) electrons. The van der Waals surface area contributed by atoms with Crippen molar-refractivity contribution in [3.8, 4) is 28.5 Å². The molecule has 25 heavy (non-hydrogen) atoms. The van der Waals surface area contributed by atoms with Gasteiger partial charge in [-0.25, -0.2) is 4.98 Å². The summed E-state index contributed by atoms with van der Waals surface area (Å²) in [6, 6.07) is 23.8. The van der Waals surface area contributed by atoms with Gasteiger partial charge in [0.25, 0.3) is 0 Å². The van der Waals surface area contributed by atoms with Gasteiger partial charge in [0, 0.05) is 11.1 Å². The van der Waals surface area contributed by atoms with Crippen LogP contribution in [-0.4, -0.2) is 19.7 Å². The average molecular weight is 327 g/mol. The number of aryl methyl sites for hydroxylation is 1. The molecule has 0 aliphatic rings. The Bertz CT molecular complexity index is 950. The van der Waals surface area contributed by atoms with Crippen molar-refractivity contribution in [1.29, 1.82) is 0 Å². The number of aromatic nitrogens is 4. The summed E-state index contributed by atoms with van der Waals surface area (Å²) in [7, 11) is 0. The molecule has 0 amide bonds. The van der Waals surface area contributed by atoms with Crippen LogP contribution in [0.3, 0.4) is 0 Å². The molecule has 0 saturated carbocycles. The monoisotopic (exact) mass is 327 g/mol. The van der Waals surface area contributed by atoms with Crippen LogP contribution in [0, 0.1) is 6.92 Å². The molecular formula is C20H17N5. The van der Waals surface area contributed by atoms with E-state index in [4.69, 9.17) is 5.73 Å². The maximum Gasteiger partial charge on any atom is 0.168 e. The molecule has 2 heterocycles. The highest BCUT2D eigenvalue weighted by Gasteiger charge is 2.18. The van der Waals surface area contributed by atoms with Gasteiger partial charge in [0.15, 0.2) is 11.6 Å². The Morgan fingerprint density at radius 2 is 1.24 bits per heavy atom. The lowest BCUT2D eigenvalue weighted by molar-refractivity contribution is 1.02. The van der Waals surface area contributed by atoms with Crippen LogP contribution in [0.25, 0.3) is 28.5 Å². The van der Waals surface area contributed by atoms with E-state index in [9.17, 15) is 0 Å². The highest BCUT2D eigenvalue weighted by Crippen LogP contribution is 2.29. The first-order chi connectivity index (χ1) is 12.2. The van der Waals surface area contributed by atoms with Crippen molar-refractivity contribution in [1.82, 2.24) is 19.7 Å². The Labute approximate surface area is 145 Å². The fourth-order valence-electron chi connectivity index (χ4n) is 2.87. The first kappa shape index (κ1) is 15.1. The third-order valence-electron chi connectivity index (χ3n) is 4.05. The number of hydrogen-bond acceptors (Lipinski definition) is 4. The van der Waals surface area contributed by atoms with Crippen LogP contribution in [-0.2, 0) is 0 Å². The second kappa shape index (κ2) is 6.20. The number of nitrogens with zero attached hydrogens (tertiary/aromatic N) is 4. The van der Waals surface area contributed by atoms with Gasteiger partial charge in [-0.15, -0.1) is 10.2 Å². The maximum absolute atomic E-state index is 5.83. The van der Waals surface area contributed by atoms with E-state index in [0.717, 1.165) is 34.2 Å². The topological polar surface area (TPSA) is 69.6 Å². The van der Waals surface area contributed by atoms with Crippen molar-refractivity contribution < 1.29 is 0 Å². The predicted molar refractivity (Wildman–Crippen MR) is 99.2 cm³/mol. The van der Waals surface area contributed by atoms with Gasteiger partial charge in [0.1, 0.15) is 5.82 Å². The van der Waals surface area contributed by atoms with Gasteiger partial charge in [0.2, 0.25) is 0 Å². The zero-order valence-corrected chi connectivity index (χ0v) is 13.8. The van der Waals surface area contributed by atoms with Crippen molar-refractivity contribution in [3.63, 3.8) is 0 Å². The number of benzene rings is 2. The Morgan fingerprint density at radius 1 is 0.720 bits per heavy atom. The highest BCUT2D eigenvalue weighted by molar-refractivity contribution is 5.67. The third kappa shape index (κ3) is 2.76. The lowest BCUT2D eigenvalue weighted by atomic mass is 10.1. The third-order valence-corrected chi connectivity index (χ3v) is 4.05. The average Bonchev–Trinajstić information content (AvgIpc) is 3.08. The number of pyridine rings is 1. The first-order valence-corrected chi connectivity index (χ1v) is 8.04. The second-order valence-corrected chi connectivity index (χ2v) is 5.76. The van der Waals surface area contributed by atoms with Crippen LogP contribution in [0.15, 0.2) is 72.8 Å². The molecule has 0 spiro atoms. The number of hydrogen-bond donors (Lipinski definition) is 1. The summed E-state index contributed by atoms with van der Waals surface area (Å²) in [5.41, 5.74) is 9.56. The van der Waals surface area contributed by atoms with Gasteiger partial charge in [0.05, 0.1) is 11.4 Å². The van der Waals surface area contributed by atoms with Crippen LogP contribution in [0.1, 0.15) is 5.69 Å². The number of rotatable bonds is 3. The molecule has 0 aliphatic carbocycles. The van der Waals surface area contributed by atoms with Gasteiger partial charge in [-0.1, -0.05) is 60.7 Å². The summed E-state index contributed by atoms with van der Waals surface area (Å²) >= 11 is 0. The number of nitrogens with two attached hydrogens (primary N) is 1. The minimum Gasteiger partial charge on any atom is -0.384 e. The zero-order valence-electron chi connectivity index (χ0n) is 13.8. The molecule has 4 rings (SSSR count). The normalized spacial score (nSPS) is 10.8. The molecule has 0 saturated heterocycles. The van der Waals surface area contributed by atoms with Gasteiger partial charge in [-0.3, -0.25) is 4.57 Å². The molecule has 2 aromatic heterocycles. The van der Waals surface area contributed by atoms with E-state index < -0.39 is 0 Å². The minimum absolute atomic E-state index is 0.497. The highest BCUT2D eigenvalue weighted by atomic mass is 15.3. The summed E-state index contributed by atoms with van der Waals surface area (Å²) < 4.78 is 2.03. The van der Waals surface area contributed by atoms with Gasteiger partial charge in [-0.05, 0) is 19.1 Å². The SMILES string of the molecule is Cc1nc(N)ccc1-n1c(-c2ccccc2)nnc1-c1ccccc1. The van der Waals surface area contributed by atoms with E-state index in [0.29, 0.717) is 5.82 Å². The molecule has 4 aromatic rings. The molecule has 2 aromatic carbocycles. The van der Waals surface area contributed by atoms with E-state index in [1.807, 2.05) is 78.2 Å². The quantitative estimate of drug-likeness (QED) is 0.620. The summed E-state index contributed by atoms with van der Waals surface area (Å²) in [4.78, 5) is 4.40. The molecule has 0 fully saturated rings. The molecule has 5 heteroatoms. The first-order valence-electron chi connectivity index (χ1n) is 8.04. The number of anilines is 1. The fourth-order valence-corrected chi connectivity index (χ4v) is 2.87. The summed E-state index contributed by atoms with van der Waals surface area (Å²) in [6.45, 7) is 1.94. The van der Waals surface area contributed by atoms with E-state index >= 15 is 0 Å². The van der Waals surface area contributed by atoms with E-state index in [1.54, 1.807) is 6.07 Å². The second-order valence-electron chi connectivity index (χ2n) is 5.76. The van der Waals surface area contributed by atoms with Crippen LogP contribution in [0.2, 0.25) is 0 Å². The Kier molecular flexibility index (Phi) is 3.74. The fraction of sp³-hybridized carbons (Fsp3) is 0.0500. The Morgan fingerprint density at radius 3 is 1.72 bits per heavy atom. The van der Waals surface area contributed by atoms with Gasteiger partial charge in [-0.2, -0.15) is 0 Å². The largest absolute Gasteiger partial charge is 0.384 e. The minimum atomic E-state index is 0.497. The molecule has 5 nitrogen and oxygen atoms in total. The number of nitrogen functional groups attached to an aromatic ring is 1. The molecular weight excluding hydrogens is 310 g/mol.